The van der Waals surface area contributed by atoms with Gasteiger partial charge in [-0.1, -0.05) is 140 Å². The van der Waals surface area contributed by atoms with Crippen molar-refractivity contribution < 1.29 is 0 Å². The van der Waals surface area contributed by atoms with Crippen LogP contribution in [0.25, 0.3) is 95.5 Å². The van der Waals surface area contributed by atoms with Gasteiger partial charge in [0.25, 0.3) is 0 Å². The van der Waals surface area contributed by atoms with Crippen LogP contribution < -0.4 is 0 Å². The van der Waals surface area contributed by atoms with E-state index >= 15 is 0 Å². The number of fused-ring (bicyclic) bond motifs is 7. The molecule has 258 valence electrons. The first-order chi connectivity index (χ1) is 27.3. The first kappa shape index (κ1) is 30.9. The largest absolute Gasteiger partial charge is 0.294 e. The number of para-hydroxylation sites is 4. The van der Waals surface area contributed by atoms with Crippen molar-refractivity contribution in [2.24, 2.45) is 0 Å². The molecule has 11 aromatic rings. The molecule has 11 rings (SSSR count). The number of benzene rings is 7. The highest BCUT2D eigenvalue weighted by Crippen LogP contribution is 2.37. The van der Waals surface area contributed by atoms with E-state index in [0.29, 0.717) is 17.5 Å². The van der Waals surface area contributed by atoms with Gasteiger partial charge in [0.2, 0.25) is 5.78 Å². The van der Waals surface area contributed by atoms with Crippen LogP contribution in [0.1, 0.15) is 0 Å². The maximum atomic E-state index is 5.37. The minimum absolute atomic E-state index is 0.625. The molecule has 55 heavy (non-hydrogen) atoms. The second kappa shape index (κ2) is 12.5. The average Bonchev–Trinajstić information content (AvgIpc) is 3.90. The summed E-state index contributed by atoms with van der Waals surface area (Å²) in [7, 11) is 0. The lowest BCUT2D eigenvalue weighted by molar-refractivity contribution is 1.07. The Labute approximate surface area is 316 Å². The van der Waals surface area contributed by atoms with Crippen LogP contribution in [-0.4, -0.2) is 33.5 Å². The molecular formula is C48H31N7. The fourth-order valence-electron chi connectivity index (χ4n) is 7.79. The van der Waals surface area contributed by atoms with Crippen molar-refractivity contribution in [1.29, 1.82) is 0 Å². The second-order valence-corrected chi connectivity index (χ2v) is 13.6. The summed E-state index contributed by atoms with van der Waals surface area (Å²) in [6, 6.07) is 64.9. The molecule has 0 aliphatic heterocycles. The van der Waals surface area contributed by atoms with Crippen LogP contribution in [0.5, 0.6) is 0 Å². The fourth-order valence-corrected chi connectivity index (χ4v) is 7.79. The third-order valence-corrected chi connectivity index (χ3v) is 10.3. The predicted molar refractivity (Wildman–Crippen MR) is 221 cm³/mol. The third-order valence-electron chi connectivity index (χ3n) is 10.3. The van der Waals surface area contributed by atoms with Gasteiger partial charge < -0.3 is 0 Å². The lowest BCUT2D eigenvalue weighted by Crippen LogP contribution is -2.00. The van der Waals surface area contributed by atoms with Crippen LogP contribution in [0, 0.1) is 0 Å². The molecule has 7 heteroatoms. The van der Waals surface area contributed by atoms with Gasteiger partial charge in [0, 0.05) is 33.5 Å². The maximum absolute atomic E-state index is 5.37. The normalized spacial score (nSPS) is 11.6. The van der Waals surface area contributed by atoms with Crippen LogP contribution in [0.4, 0.5) is 0 Å². The van der Waals surface area contributed by atoms with Crippen molar-refractivity contribution in [1.82, 2.24) is 33.5 Å². The number of nitrogens with zero attached hydrogens (tertiary/aromatic N) is 7. The molecule has 7 nitrogen and oxygen atoms in total. The minimum Gasteiger partial charge on any atom is -0.294 e. The van der Waals surface area contributed by atoms with Crippen molar-refractivity contribution in [3.8, 4) is 56.7 Å². The van der Waals surface area contributed by atoms with E-state index in [2.05, 4.69) is 135 Å². The first-order valence-corrected chi connectivity index (χ1v) is 18.3. The molecule has 0 unspecified atom stereocenters. The summed E-state index contributed by atoms with van der Waals surface area (Å²) in [6.07, 6.45) is 0. The Morgan fingerprint density at radius 2 is 0.818 bits per heavy atom. The maximum Gasteiger partial charge on any atom is 0.221 e. The zero-order chi connectivity index (χ0) is 36.3. The van der Waals surface area contributed by atoms with Crippen LogP contribution in [0.3, 0.4) is 0 Å². The van der Waals surface area contributed by atoms with Gasteiger partial charge in [-0.15, -0.1) is 0 Å². The van der Waals surface area contributed by atoms with E-state index in [-0.39, 0.29) is 0 Å². The van der Waals surface area contributed by atoms with Crippen molar-refractivity contribution in [3.05, 3.63) is 188 Å². The SMILES string of the molecule is c1ccc(-c2nc(-c3ccccc3)nc(-c3cccc(-c4cccc(-n5c6ccccc6c6nc7n(-c8ccccc8)c8ccccc8n7c65)c4)c3)n2)cc1. The van der Waals surface area contributed by atoms with E-state index in [4.69, 9.17) is 19.9 Å². The molecule has 0 bridgehead atoms. The molecule has 0 saturated carbocycles. The van der Waals surface area contributed by atoms with E-state index in [0.717, 1.165) is 78.1 Å². The van der Waals surface area contributed by atoms with E-state index in [1.165, 1.54) is 0 Å². The lowest BCUT2D eigenvalue weighted by Gasteiger charge is -2.12. The number of imidazole rings is 2. The van der Waals surface area contributed by atoms with Gasteiger partial charge in [0.15, 0.2) is 23.1 Å². The molecule has 4 heterocycles. The smallest absolute Gasteiger partial charge is 0.221 e. The van der Waals surface area contributed by atoms with Gasteiger partial charge in [-0.05, 0) is 59.7 Å². The van der Waals surface area contributed by atoms with Crippen LogP contribution >= 0.6 is 0 Å². The summed E-state index contributed by atoms with van der Waals surface area (Å²) in [5, 5.41) is 1.11. The topological polar surface area (TPSA) is 65.8 Å². The van der Waals surface area contributed by atoms with Gasteiger partial charge in [0.05, 0.1) is 16.6 Å². The van der Waals surface area contributed by atoms with Crippen LogP contribution in [0.15, 0.2) is 188 Å². The quantitative estimate of drug-likeness (QED) is 0.173. The van der Waals surface area contributed by atoms with Crippen molar-refractivity contribution in [3.63, 3.8) is 0 Å². The van der Waals surface area contributed by atoms with Gasteiger partial charge in [-0.25, -0.2) is 19.9 Å². The molecule has 0 atom stereocenters. The Kier molecular flexibility index (Phi) is 7.03. The highest BCUT2D eigenvalue weighted by molar-refractivity contribution is 6.09. The number of rotatable bonds is 6. The summed E-state index contributed by atoms with van der Waals surface area (Å²) in [4.78, 5) is 20.3. The zero-order valence-electron chi connectivity index (χ0n) is 29.5. The standard InChI is InChI=1S/C48H31N7/c1-4-16-32(17-5-1)44-50-45(33-18-6-2-7-19-33)52-46(51-44)36-22-14-20-34(30-36)35-21-15-25-38(31-35)53-40-27-11-10-26-39(40)43-47(53)55-42-29-13-12-28-41(42)54(48(55)49-43)37-23-8-3-9-24-37/h1-31H. The van der Waals surface area contributed by atoms with Crippen LogP contribution in [-0.2, 0) is 0 Å². The van der Waals surface area contributed by atoms with Crippen molar-refractivity contribution in [2.75, 3.05) is 0 Å². The summed E-state index contributed by atoms with van der Waals surface area (Å²) in [6.45, 7) is 0. The average molecular weight is 706 g/mol. The Balaban J connectivity index is 1.09. The van der Waals surface area contributed by atoms with E-state index < -0.39 is 0 Å². The summed E-state index contributed by atoms with van der Waals surface area (Å²) < 4.78 is 6.91. The number of hydrogen-bond donors (Lipinski definition) is 0. The third kappa shape index (κ3) is 5.05. The lowest BCUT2D eigenvalue weighted by atomic mass is 10.0. The fraction of sp³-hybridized carbons (Fsp3) is 0. The predicted octanol–water partition coefficient (Wildman–Crippen LogP) is 11.2. The van der Waals surface area contributed by atoms with Crippen molar-refractivity contribution in [2.45, 2.75) is 0 Å². The minimum atomic E-state index is 0.625. The summed E-state index contributed by atoms with van der Waals surface area (Å²) >= 11 is 0. The van der Waals surface area contributed by atoms with Gasteiger partial charge in [-0.2, -0.15) is 0 Å². The molecule has 0 radical (unpaired) electrons. The monoisotopic (exact) mass is 705 g/mol. The van der Waals surface area contributed by atoms with E-state index in [1.54, 1.807) is 0 Å². The molecule has 4 aromatic heterocycles. The number of aromatic nitrogens is 7. The Morgan fingerprint density at radius 3 is 1.51 bits per heavy atom. The van der Waals surface area contributed by atoms with Crippen molar-refractivity contribution >= 4 is 38.9 Å². The molecule has 0 aliphatic carbocycles. The molecule has 0 aliphatic rings. The van der Waals surface area contributed by atoms with E-state index in [9.17, 15) is 0 Å². The Morgan fingerprint density at radius 1 is 0.327 bits per heavy atom. The molecule has 0 saturated heterocycles. The van der Waals surface area contributed by atoms with E-state index in [1.807, 2.05) is 66.7 Å². The van der Waals surface area contributed by atoms with Gasteiger partial charge >= 0.3 is 0 Å². The highest BCUT2D eigenvalue weighted by atomic mass is 15.3. The molecule has 0 amide bonds. The molecular weight excluding hydrogens is 675 g/mol. The Bertz CT molecular complexity index is 3140. The zero-order valence-corrected chi connectivity index (χ0v) is 29.5. The molecule has 0 fully saturated rings. The molecule has 0 spiro atoms. The molecule has 7 aromatic carbocycles. The van der Waals surface area contributed by atoms with Crippen LogP contribution in [0.2, 0.25) is 0 Å². The Hall–Kier alpha value is -7.64. The summed E-state index contributed by atoms with van der Waals surface area (Å²) in [5.74, 6) is 2.78. The molecule has 0 N–H and O–H groups in total. The van der Waals surface area contributed by atoms with Gasteiger partial charge in [-0.3, -0.25) is 13.5 Å². The summed E-state index contributed by atoms with van der Waals surface area (Å²) in [5.41, 5.74) is 12.4. The van der Waals surface area contributed by atoms with Gasteiger partial charge in [0.1, 0.15) is 5.52 Å². The first-order valence-electron chi connectivity index (χ1n) is 18.3. The highest BCUT2D eigenvalue weighted by Gasteiger charge is 2.23. The second-order valence-electron chi connectivity index (χ2n) is 13.6. The number of hydrogen-bond acceptors (Lipinski definition) is 4.